The van der Waals surface area contributed by atoms with Gasteiger partial charge in [-0.3, -0.25) is 14.2 Å². The van der Waals surface area contributed by atoms with Crippen molar-refractivity contribution in [1.29, 1.82) is 0 Å². The summed E-state index contributed by atoms with van der Waals surface area (Å²) >= 11 is 0. The zero-order valence-corrected chi connectivity index (χ0v) is 21.4. The van der Waals surface area contributed by atoms with Crippen molar-refractivity contribution in [3.63, 3.8) is 0 Å². The smallest absolute Gasteiger partial charge is 0.229 e. The Morgan fingerprint density at radius 1 is 0.971 bits per heavy atom. The van der Waals surface area contributed by atoms with E-state index in [1.165, 1.54) is 4.90 Å². The summed E-state index contributed by atoms with van der Waals surface area (Å²) in [5.74, 6) is -0.159. The number of nitrogens with zero attached hydrogens (tertiary/aromatic N) is 1. The van der Waals surface area contributed by atoms with Crippen LogP contribution >= 0.6 is 0 Å². The molecule has 1 atom stereocenters. The van der Waals surface area contributed by atoms with Gasteiger partial charge < -0.3 is 9.80 Å². The summed E-state index contributed by atoms with van der Waals surface area (Å²) in [6, 6.07) is 13.7. The van der Waals surface area contributed by atoms with Crippen LogP contribution in [0, 0.1) is 0 Å². The Balaban J connectivity index is 1.87. The molecular formula is C23H33N4O5S2+. The number of benzene rings is 2. The number of sulfonamides is 2. The van der Waals surface area contributed by atoms with Crippen LogP contribution in [0.5, 0.6) is 0 Å². The maximum Gasteiger partial charge on any atom is 0.229 e. The SMILES string of the molecule is CN(C(=O)Cc1ccccc1NS(C)(=O)=O)[C@H](C[NH+]1CCCC1)c1cccc(NS(C)(=O)=O)c1. The molecule has 2 aromatic rings. The second kappa shape index (κ2) is 10.7. The molecule has 0 saturated carbocycles. The van der Waals surface area contributed by atoms with Crippen LogP contribution in [-0.4, -0.2) is 66.8 Å². The number of likely N-dealkylation sites (tertiary alicyclic amines) is 1. The van der Waals surface area contributed by atoms with Gasteiger partial charge in [-0.25, -0.2) is 16.8 Å². The van der Waals surface area contributed by atoms with E-state index in [1.807, 2.05) is 6.07 Å². The minimum atomic E-state index is -3.48. The predicted molar refractivity (Wildman–Crippen MR) is 134 cm³/mol. The van der Waals surface area contributed by atoms with E-state index in [0.717, 1.165) is 44.0 Å². The van der Waals surface area contributed by atoms with E-state index >= 15 is 0 Å². The highest BCUT2D eigenvalue weighted by Gasteiger charge is 2.29. The molecule has 0 bridgehead atoms. The first kappa shape index (κ1) is 26.0. The Morgan fingerprint density at radius 3 is 2.26 bits per heavy atom. The van der Waals surface area contributed by atoms with Crippen molar-refractivity contribution in [2.24, 2.45) is 0 Å². The maximum absolute atomic E-state index is 13.4. The molecule has 1 heterocycles. The molecule has 186 valence electrons. The molecule has 9 nitrogen and oxygen atoms in total. The number of rotatable bonds is 10. The Labute approximate surface area is 202 Å². The van der Waals surface area contributed by atoms with Gasteiger partial charge in [0, 0.05) is 25.6 Å². The molecule has 0 aromatic heterocycles. The Kier molecular flexibility index (Phi) is 8.21. The van der Waals surface area contributed by atoms with Crippen LogP contribution in [0.4, 0.5) is 11.4 Å². The van der Waals surface area contributed by atoms with Gasteiger partial charge in [0.15, 0.2) is 0 Å². The molecule has 3 rings (SSSR count). The molecule has 1 fully saturated rings. The molecule has 3 N–H and O–H groups in total. The molecule has 1 aliphatic rings. The van der Waals surface area contributed by atoms with Crippen LogP contribution in [0.25, 0.3) is 0 Å². The zero-order valence-electron chi connectivity index (χ0n) is 19.7. The van der Waals surface area contributed by atoms with Gasteiger partial charge in [0.1, 0.15) is 12.6 Å². The summed E-state index contributed by atoms with van der Waals surface area (Å²) in [4.78, 5) is 16.4. The second-order valence-corrected chi connectivity index (χ2v) is 12.4. The number of anilines is 2. The minimum absolute atomic E-state index is 0.0301. The molecule has 34 heavy (non-hydrogen) atoms. The molecular weight excluding hydrogens is 476 g/mol. The van der Waals surface area contributed by atoms with E-state index in [4.69, 9.17) is 0 Å². The molecule has 0 spiro atoms. The van der Waals surface area contributed by atoms with Crippen LogP contribution in [0.15, 0.2) is 48.5 Å². The second-order valence-electron chi connectivity index (χ2n) is 8.89. The van der Waals surface area contributed by atoms with Crippen LogP contribution in [-0.2, 0) is 31.3 Å². The van der Waals surface area contributed by atoms with Crippen molar-refractivity contribution < 1.29 is 26.5 Å². The van der Waals surface area contributed by atoms with Gasteiger partial charge in [0.25, 0.3) is 0 Å². The number of nitrogens with one attached hydrogen (secondary N) is 3. The molecule has 1 saturated heterocycles. The van der Waals surface area contributed by atoms with E-state index in [9.17, 15) is 21.6 Å². The standard InChI is InChI=1S/C23H32N4O5S2/c1-26(23(28)16-18-9-4-5-12-21(18)25-34(3,31)32)22(17-27-13-6-7-14-27)19-10-8-11-20(15-19)24-33(2,29)30/h4-5,8-12,15,22,24-25H,6-7,13-14,16-17H2,1-3H3/p+1/t22-/m1/s1. The quantitative estimate of drug-likeness (QED) is 0.439. The normalized spacial score (nSPS) is 15.6. The highest BCUT2D eigenvalue weighted by Crippen LogP contribution is 2.24. The number of quaternary nitrogens is 1. The van der Waals surface area contributed by atoms with Crippen molar-refractivity contribution in [2.45, 2.75) is 25.3 Å². The average molecular weight is 510 g/mol. The Morgan fingerprint density at radius 2 is 1.62 bits per heavy atom. The predicted octanol–water partition coefficient (Wildman–Crippen LogP) is 0.851. The molecule has 1 aliphatic heterocycles. The van der Waals surface area contributed by atoms with Crippen LogP contribution < -0.4 is 14.3 Å². The van der Waals surface area contributed by atoms with Crippen molar-refractivity contribution in [2.75, 3.05) is 48.6 Å². The van der Waals surface area contributed by atoms with Gasteiger partial charge >= 0.3 is 0 Å². The number of hydrogen-bond donors (Lipinski definition) is 3. The van der Waals surface area contributed by atoms with Crippen LogP contribution in [0.2, 0.25) is 0 Å². The number of carbonyl (C=O) groups excluding carboxylic acids is 1. The number of likely N-dealkylation sites (N-methyl/N-ethyl adjacent to an activating group) is 1. The summed E-state index contributed by atoms with van der Waals surface area (Å²) in [5.41, 5.74) is 2.26. The lowest BCUT2D eigenvalue weighted by Gasteiger charge is -2.31. The first-order chi connectivity index (χ1) is 15.9. The summed E-state index contributed by atoms with van der Waals surface area (Å²) in [5, 5.41) is 0. The lowest BCUT2D eigenvalue weighted by atomic mass is 10.0. The van der Waals surface area contributed by atoms with E-state index in [-0.39, 0.29) is 18.4 Å². The van der Waals surface area contributed by atoms with Crippen molar-refractivity contribution in [3.05, 3.63) is 59.7 Å². The van der Waals surface area contributed by atoms with Gasteiger partial charge in [-0.2, -0.15) is 0 Å². The van der Waals surface area contributed by atoms with Crippen molar-refractivity contribution in [3.8, 4) is 0 Å². The third kappa shape index (κ3) is 7.71. The third-order valence-electron chi connectivity index (χ3n) is 5.88. The summed E-state index contributed by atoms with van der Waals surface area (Å²) in [6.45, 7) is 2.76. The number of carbonyl (C=O) groups is 1. The van der Waals surface area contributed by atoms with Gasteiger partial charge in [-0.05, 0) is 29.3 Å². The number of amides is 1. The third-order valence-corrected chi connectivity index (χ3v) is 7.08. The van der Waals surface area contributed by atoms with Gasteiger partial charge in [0.05, 0.1) is 37.7 Å². The van der Waals surface area contributed by atoms with E-state index in [1.54, 1.807) is 54.4 Å². The molecule has 0 unspecified atom stereocenters. The maximum atomic E-state index is 13.4. The van der Waals surface area contributed by atoms with Crippen LogP contribution in [0.1, 0.15) is 30.0 Å². The Hall–Kier alpha value is -2.63. The van der Waals surface area contributed by atoms with Gasteiger partial charge in [0.2, 0.25) is 26.0 Å². The van der Waals surface area contributed by atoms with Crippen molar-refractivity contribution >= 4 is 37.3 Å². The fourth-order valence-electron chi connectivity index (χ4n) is 4.29. The average Bonchev–Trinajstić information content (AvgIpc) is 3.24. The monoisotopic (exact) mass is 509 g/mol. The highest BCUT2D eigenvalue weighted by atomic mass is 32.2. The fourth-order valence-corrected chi connectivity index (χ4v) is 5.44. The minimum Gasteiger partial charge on any atom is -0.333 e. The number of para-hydroxylation sites is 1. The lowest BCUT2D eigenvalue weighted by Crippen LogP contribution is -3.10. The molecule has 0 radical (unpaired) electrons. The van der Waals surface area contributed by atoms with E-state index in [0.29, 0.717) is 23.5 Å². The molecule has 2 aromatic carbocycles. The molecule has 1 amide bonds. The number of hydrogen-bond acceptors (Lipinski definition) is 5. The zero-order chi connectivity index (χ0) is 24.9. The van der Waals surface area contributed by atoms with Gasteiger partial charge in [-0.1, -0.05) is 30.3 Å². The summed E-state index contributed by atoms with van der Waals surface area (Å²) in [6.07, 6.45) is 4.48. The lowest BCUT2D eigenvalue weighted by molar-refractivity contribution is -0.890. The van der Waals surface area contributed by atoms with Crippen molar-refractivity contribution in [1.82, 2.24) is 4.90 Å². The summed E-state index contributed by atoms with van der Waals surface area (Å²) < 4.78 is 51.9. The van der Waals surface area contributed by atoms with Gasteiger partial charge in [-0.15, -0.1) is 0 Å². The van der Waals surface area contributed by atoms with E-state index < -0.39 is 20.0 Å². The topological polar surface area (TPSA) is 117 Å². The molecule has 0 aliphatic carbocycles. The highest BCUT2D eigenvalue weighted by molar-refractivity contribution is 7.92. The first-order valence-electron chi connectivity index (χ1n) is 11.1. The van der Waals surface area contributed by atoms with Crippen LogP contribution in [0.3, 0.4) is 0 Å². The van der Waals surface area contributed by atoms with E-state index in [2.05, 4.69) is 9.44 Å². The first-order valence-corrected chi connectivity index (χ1v) is 14.9. The Bertz CT molecular complexity index is 1230. The molecule has 11 heteroatoms. The summed E-state index contributed by atoms with van der Waals surface area (Å²) in [7, 11) is -5.17. The largest absolute Gasteiger partial charge is 0.333 e. The fraction of sp³-hybridized carbons (Fsp3) is 0.435.